The Labute approximate surface area is 104 Å². The third-order valence-corrected chi connectivity index (χ3v) is 4.54. The van der Waals surface area contributed by atoms with Crippen molar-refractivity contribution in [3.05, 3.63) is 35.8 Å². The summed E-state index contributed by atoms with van der Waals surface area (Å²) in [6.45, 7) is 1.38. The van der Waals surface area contributed by atoms with E-state index in [1.165, 1.54) is 25.1 Å². The molecular weight excluding hydrogens is 259 g/mol. The Kier molecular flexibility index (Phi) is 3.16. The first kappa shape index (κ1) is 13.0. The lowest BCUT2D eigenvalue weighted by atomic mass is 10.2. The molecule has 0 fully saturated rings. The molecule has 1 aromatic heterocycles. The van der Waals surface area contributed by atoms with Gasteiger partial charge in [0.15, 0.2) is 21.2 Å². The number of aliphatic hydroxyl groups is 1. The summed E-state index contributed by atoms with van der Waals surface area (Å²) in [4.78, 5) is 0. The third-order valence-electron chi connectivity index (χ3n) is 2.93. The third kappa shape index (κ3) is 2.26. The number of fused-ring (bicyclic) bond motifs is 1. The quantitative estimate of drug-likeness (QED) is 0.928. The molecule has 2 atom stereocenters. The maximum absolute atomic E-state index is 13.4. The first-order valence-electron chi connectivity index (χ1n) is 5.35. The number of para-hydroxylation sites is 1. The molecule has 0 radical (unpaired) electrons. The molecule has 18 heavy (non-hydrogen) atoms. The number of aliphatic hydroxyl groups excluding tert-OH is 1. The van der Waals surface area contributed by atoms with Crippen molar-refractivity contribution in [1.82, 2.24) is 0 Å². The second-order valence-corrected chi connectivity index (χ2v) is 6.69. The van der Waals surface area contributed by atoms with E-state index in [0.29, 0.717) is 5.39 Å². The lowest BCUT2D eigenvalue weighted by Gasteiger charge is -2.14. The molecule has 2 unspecified atom stereocenters. The molecule has 1 heterocycles. The van der Waals surface area contributed by atoms with Crippen LogP contribution in [0.15, 0.2) is 28.7 Å². The van der Waals surface area contributed by atoms with Crippen LogP contribution in [0.5, 0.6) is 0 Å². The fourth-order valence-electron chi connectivity index (χ4n) is 1.66. The Balaban J connectivity index is 2.46. The molecule has 6 heteroatoms. The van der Waals surface area contributed by atoms with Gasteiger partial charge < -0.3 is 9.52 Å². The van der Waals surface area contributed by atoms with Crippen LogP contribution in [0, 0.1) is 5.82 Å². The number of halogens is 1. The summed E-state index contributed by atoms with van der Waals surface area (Å²) in [7, 11) is -3.40. The maximum Gasteiger partial charge on any atom is 0.170 e. The van der Waals surface area contributed by atoms with Gasteiger partial charge in [-0.15, -0.1) is 0 Å². The summed E-state index contributed by atoms with van der Waals surface area (Å²) < 4.78 is 41.3. The van der Waals surface area contributed by atoms with E-state index >= 15 is 0 Å². The second-order valence-electron chi connectivity index (χ2n) is 4.29. The van der Waals surface area contributed by atoms with E-state index < -0.39 is 27.0 Å². The molecule has 0 aliphatic heterocycles. The van der Waals surface area contributed by atoms with Gasteiger partial charge >= 0.3 is 0 Å². The zero-order valence-electron chi connectivity index (χ0n) is 9.92. The van der Waals surface area contributed by atoms with Crippen molar-refractivity contribution in [3.8, 4) is 0 Å². The molecule has 0 spiro atoms. The molecule has 2 rings (SSSR count). The Hall–Kier alpha value is -1.40. The number of sulfone groups is 1. The minimum absolute atomic E-state index is 0.0206. The average Bonchev–Trinajstić information content (AvgIpc) is 2.71. The highest BCUT2D eigenvalue weighted by atomic mass is 32.2. The monoisotopic (exact) mass is 272 g/mol. The van der Waals surface area contributed by atoms with Gasteiger partial charge in [0.05, 0.1) is 5.25 Å². The van der Waals surface area contributed by atoms with Crippen LogP contribution in [0.25, 0.3) is 11.0 Å². The maximum atomic E-state index is 13.4. The fourth-order valence-corrected chi connectivity index (χ4v) is 2.26. The van der Waals surface area contributed by atoms with E-state index in [2.05, 4.69) is 0 Å². The number of hydrogen-bond acceptors (Lipinski definition) is 4. The first-order chi connectivity index (χ1) is 8.30. The Bertz CT molecular complexity index is 674. The first-order valence-corrected chi connectivity index (χ1v) is 7.31. The van der Waals surface area contributed by atoms with Crippen molar-refractivity contribution < 1.29 is 22.3 Å². The fraction of sp³-hybridized carbons (Fsp3) is 0.333. The topological polar surface area (TPSA) is 67.5 Å². The van der Waals surface area contributed by atoms with Crippen LogP contribution in [0.4, 0.5) is 4.39 Å². The van der Waals surface area contributed by atoms with Crippen LogP contribution < -0.4 is 0 Å². The summed E-state index contributed by atoms with van der Waals surface area (Å²) in [5.41, 5.74) is 0.0206. The van der Waals surface area contributed by atoms with E-state index in [4.69, 9.17) is 4.42 Å². The van der Waals surface area contributed by atoms with Crippen molar-refractivity contribution in [2.24, 2.45) is 0 Å². The molecule has 4 nitrogen and oxygen atoms in total. The van der Waals surface area contributed by atoms with Gasteiger partial charge in [0.2, 0.25) is 0 Å². The van der Waals surface area contributed by atoms with Crippen molar-refractivity contribution >= 4 is 20.8 Å². The summed E-state index contributed by atoms with van der Waals surface area (Å²) >= 11 is 0. The summed E-state index contributed by atoms with van der Waals surface area (Å²) in [5.74, 6) is -0.494. The molecular formula is C12H13FO4S. The molecule has 1 N–H and O–H groups in total. The highest BCUT2D eigenvalue weighted by Crippen LogP contribution is 2.29. The zero-order valence-corrected chi connectivity index (χ0v) is 10.7. The normalized spacial score (nSPS) is 15.8. The van der Waals surface area contributed by atoms with Crippen molar-refractivity contribution in [1.29, 1.82) is 0 Å². The number of furan rings is 1. The Morgan fingerprint density at radius 1 is 1.39 bits per heavy atom. The van der Waals surface area contributed by atoms with E-state index in [0.717, 1.165) is 6.26 Å². The van der Waals surface area contributed by atoms with Gasteiger partial charge in [0.1, 0.15) is 11.9 Å². The lowest BCUT2D eigenvalue weighted by Crippen LogP contribution is -2.23. The highest BCUT2D eigenvalue weighted by Gasteiger charge is 2.28. The molecule has 0 saturated heterocycles. The summed E-state index contributed by atoms with van der Waals surface area (Å²) in [5, 5.41) is 9.40. The van der Waals surface area contributed by atoms with E-state index in [9.17, 15) is 17.9 Å². The molecule has 0 aliphatic rings. The summed E-state index contributed by atoms with van der Waals surface area (Å²) in [6, 6.07) is 5.83. The highest BCUT2D eigenvalue weighted by molar-refractivity contribution is 7.91. The Morgan fingerprint density at radius 3 is 2.61 bits per heavy atom. The van der Waals surface area contributed by atoms with E-state index in [1.54, 1.807) is 6.07 Å². The minimum atomic E-state index is -3.40. The molecule has 98 valence electrons. The molecule has 0 bridgehead atoms. The largest absolute Gasteiger partial charge is 0.455 e. The van der Waals surface area contributed by atoms with Crippen LogP contribution >= 0.6 is 0 Å². The standard InChI is InChI=1S/C12H13FO4S/c1-7(18(2,15)16)11(14)10-6-8-4-3-5-9(13)12(8)17-10/h3-7,11,14H,1-2H3. The number of rotatable bonds is 3. The van der Waals surface area contributed by atoms with Gasteiger partial charge in [-0.3, -0.25) is 0 Å². The molecule has 2 aromatic rings. The molecule has 0 amide bonds. The van der Waals surface area contributed by atoms with Gasteiger partial charge in [-0.1, -0.05) is 12.1 Å². The zero-order chi connectivity index (χ0) is 13.5. The van der Waals surface area contributed by atoms with Gasteiger partial charge in [0, 0.05) is 11.6 Å². The van der Waals surface area contributed by atoms with E-state index in [-0.39, 0.29) is 11.3 Å². The van der Waals surface area contributed by atoms with E-state index in [1.807, 2.05) is 0 Å². The smallest absolute Gasteiger partial charge is 0.170 e. The van der Waals surface area contributed by atoms with Gasteiger partial charge in [-0.2, -0.15) is 0 Å². The van der Waals surface area contributed by atoms with Crippen LogP contribution in [-0.2, 0) is 9.84 Å². The van der Waals surface area contributed by atoms with Crippen LogP contribution in [0.2, 0.25) is 0 Å². The molecule has 0 aliphatic carbocycles. The molecule has 1 aromatic carbocycles. The van der Waals surface area contributed by atoms with Crippen molar-refractivity contribution in [2.75, 3.05) is 6.26 Å². The number of benzene rings is 1. The van der Waals surface area contributed by atoms with Gasteiger partial charge in [-0.25, -0.2) is 12.8 Å². The lowest BCUT2D eigenvalue weighted by molar-refractivity contribution is 0.150. The van der Waals surface area contributed by atoms with Gasteiger partial charge in [-0.05, 0) is 19.1 Å². The SMILES string of the molecule is CC(C(O)c1cc2cccc(F)c2o1)S(C)(=O)=O. The minimum Gasteiger partial charge on any atom is -0.455 e. The summed E-state index contributed by atoms with van der Waals surface area (Å²) in [6.07, 6.45) is -0.281. The van der Waals surface area contributed by atoms with Crippen molar-refractivity contribution in [3.63, 3.8) is 0 Å². The van der Waals surface area contributed by atoms with Gasteiger partial charge in [0.25, 0.3) is 0 Å². The van der Waals surface area contributed by atoms with Crippen LogP contribution in [0.1, 0.15) is 18.8 Å². The average molecular weight is 272 g/mol. The predicted octanol–water partition coefficient (Wildman–Crippen LogP) is 2.04. The Morgan fingerprint density at radius 2 is 2.06 bits per heavy atom. The number of hydrogen-bond donors (Lipinski definition) is 1. The van der Waals surface area contributed by atoms with Crippen LogP contribution in [-0.4, -0.2) is 25.0 Å². The molecule has 0 saturated carbocycles. The van der Waals surface area contributed by atoms with Crippen molar-refractivity contribution in [2.45, 2.75) is 18.3 Å². The second kappa shape index (κ2) is 4.37. The van der Waals surface area contributed by atoms with Crippen LogP contribution in [0.3, 0.4) is 0 Å². The predicted molar refractivity (Wildman–Crippen MR) is 65.4 cm³/mol.